The number of hydrogen-bond acceptors (Lipinski definition) is 6. The third kappa shape index (κ3) is 3.45. The summed E-state index contributed by atoms with van der Waals surface area (Å²) < 4.78 is 1.82. The van der Waals surface area contributed by atoms with Crippen LogP contribution in [0.1, 0.15) is 15.9 Å². The van der Waals surface area contributed by atoms with Crippen molar-refractivity contribution >= 4 is 46.0 Å². The molecule has 2 aromatic heterocycles. The van der Waals surface area contributed by atoms with Crippen LogP contribution in [0.25, 0.3) is 11.2 Å². The Bertz CT molecular complexity index is 1170. The van der Waals surface area contributed by atoms with Gasteiger partial charge in [0, 0.05) is 5.56 Å². The standard InChI is InChI=1S/C19H16ClN7O/c20-16-15-17(26-19(22)25-16)27(10-23-15)9-11-5-7-12(8-6-11)18(28)24-14-4-2-1-3-13(14)21/h1-8,10H,9,21H2,(H,24,28)(H2,22,25,26). The molecule has 4 aromatic rings. The second kappa shape index (κ2) is 7.16. The average molecular weight is 394 g/mol. The number of rotatable bonds is 4. The highest BCUT2D eigenvalue weighted by atomic mass is 35.5. The van der Waals surface area contributed by atoms with Gasteiger partial charge in [0.2, 0.25) is 5.95 Å². The first-order valence-corrected chi connectivity index (χ1v) is 8.77. The summed E-state index contributed by atoms with van der Waals surface area (Å²) in [6.45, 7) is 0.497. The monoisotopic (exact) mass is 393 g/mol. The van der Waals surface area contributed by atoms with Gasteiger partial charge in [0.15, 0.2) is 10.8 Å². The zero-order chi connectivity index (χ0) is 19.7. The third-order valence-electron chi connectivity index (χ3n) is 4.22. The van der Waals surface area contributed by atoms with E-state index in [0.717, 1.165) is 5.56 Å². The van der Waals surface area contributed by atoms with E-state index in [0.29, 0.717) is 34.6 Å². The number of halogens is 1. The summed E-state index contributed by atoms with van der Waals surface area (Å²) in [5.41, 5.74) is 15.2. The molecule has 0 aliphatic heterocycles. The number of nitrogens with zero attached hydrogens (tertiary/aromatic N) is 4. The van der Waals surface area contributed by atoms with Crippen molar-refractivity contribution in [1.82, 2.24) is 19.5 Å². The van der Waals surface area contributed by atoms with Gasteiger partial charge in [0.05, 0.1) is 24.2 Å². The molecule has 2 aromatic carbocycles. The smallest absolute Gasteiger partial charge is 0.255 e. The predicted molar refractivity (Wildman–Crippen MR) is 109 cm³/mol. The molecule has 0 saturated carbocycles. The van der Waals surface area contributed by atoms with Crippen LogP contribution in [0.3, 0.4) is 0 Å². The van der Waals surface area contributed by atoms with E-state index in [2.05, 4.69) is 20.3 Å². The molecule has 5 N–H and O–H groups in total. The number of fused-ring (bicyclic) bond motifs is 1. The molecule has 1 amide bonds. The number of benzene rings is 2. The highest BCUT2D eigenvalue weighted by Gasteiger charge is 2.12. The number of anilines is 3. The molecule has 2 heterocycles. The molecule has 0 unspecified atom stereocenters. The van der Waals surface area contributed by atoms with Gasteiger partial charge in [-0.15, -0.1) is 0 Å². The Morgan fingerprint density at radius 2 is 1.82 bits per heavy atom. The molecule has 140 valence electrons. The minimum Gasteiger partial charge on any atom is -0.397 e. The number of nitrogens with one attached hydrogen (secondary N) is 1. The van der Waals surface area contributed by atoms with Gasteiger partial charge in [0.1, 0.15) is 5.52 Å². The molecular formula is C19H16ClN7O. The summed E-state index contributed by atoms with van der Waals surface area (Å²) in [5.74, 6) is -0.142. The van der Waals surface area contributed by atoms with Crippen molar-refractivity contribution in [3.63, 3.8) is 0 Å². The molecule has 28 heavy (non-hydrogen) atoms. The first kappa shape index (κ1) is 17.7. The van der Waals surface area contributed by atoms with Crippen molar-refractivity contribution < 1.29 is 4.79 Å². The van der Waals surface area contributed by atoms with Gasteiger partial charge in [-0.1, -0.05) is 35.9 Å². The van der Waals surface area contributed by atoms with Crippen LogP contribution in [-0.2, 0) is 6.54 Å². The van der Waals surface area contributed by atoms with Crippen LogP contribution in [0.15, 0.2) is 54.9 Å². The third-order valence-corrected chi connectivity index (χ3v) is 4.48. The van der Waals surface area contributed by atoms with Crippen molar-refractivity contribution in [2.24, 2.45) is 0 Å². The van der Waals surface area contributed by atoms with Crippen molar-refractivity contribution in [3.8, 4) is 0 Å². The lowest BCUT2D eigenvalue weighted by molar-refractivity contribution is 0.102. The van der Waals surface area contributed by atoms with E-state index in [-0.39, 0.29) is 17.0 Å². The average Bonchev–Trinajstić information content (AvgIpc) is 3.07. The maximum atomic E-state index is 12.4. The van der Waals surface area contributed by atoms with Crippen LogP contribution >= 0.6 is 11.6 Å². The van der Waals surface area contributed by atoms with Gasteiger partial charge < -0.3 is 21.4 Å². The minimum atomic E-state index is -0.232. The van der Waals surface area contributed by atoms with Crippen LogP contribution in [0.4, 0.5) is 17.3 Å². The van der Waals surface area contributed by atoms with Crippen molar-refractivity contribution in [2.75, 3.05) is 16.8 Å². The zero-order valence-corrected chi connectivity index (χ0v) is 15.4. The summed E-state index contributed by atoms with van der Waals surface area (Å²) >= 11 is 6.05. The molecule has 0 radical (unpaired) electrons. The Labute approximate surface area is 165 Å². The summed E-state index contributed by atoms with van der Waals surface area (Å²) in [6.07, 6.45) is 1.63. The van der Waals surface area contributed by atoms with Gasteiger partial charge in [-0.3, -0.25) is 4.79 Å². The SMILES string of the molecule is Nc1nc(Cl)c2ncn(Cc3ccc(C(=O)Nc4ccccc4N)cc3)c2n1. The lowest BCUT2D eigenvalue weighted by Crippen LogP contribution is -2.13. The summed E-state index contributed by atoms with van der Waals surface area (Å²) in [6, 6.07) is 14.3. The summed E-state index contributed by atoms with van der Waals surface area (Å²) in [5, 5.41) is 3.02. The minimum absolute atomic E-state index is 0.0893. The van der Waals surface area contributed by atoms with Gasteiger partial charge in [-0.05, 0) is 29.8 Å². The molecule has 0 aliphatic rings. The van der Waals surface area contributed by atoms with E-state index >= 15 is 0 Å². The Kier molecular flexibility index (Phi) is 4.54. The van der Waals surface area contributed by atoms with Crippen LogP contribution in [-0.4, -0.2) is 25.4 Å². The Morgan fingerprint density at radius 3 is 2.57 bits per heavy atom. The lowest BCUT2D eigenvalue weighted by atomic mass is 10.1. The molecule has 4 rings (SSSR count). The molecule has 8 nitrogen and oxygen atoms in total. The second-order valence-electron chi connectivity index (χ2n) is 6.16. The highest BCUT2D eigenvalue weighted by Crippen LogP contribution is 2.21. The van der Waals surface area contributed by atoms with Crippen molar-refractivity contribution in [3.05, 3.63) is 71.1 Å². The van der Waals surface area contributed by atoms with Crippen molar-refractivity contribution in [2.45, 2.75) is 6.54 Å². The van der Waals surface area contributed by atoms with Crippen LogP contribution in [0.5, 0.6) is 0 Å². The van der Waals surface area contributed by atoms with Gasteiger partial charge >= 0.3 is 0 Å². The molecule has 0 fully saturated rings. The van der Waals surface area contributed by atoms with E-state index in [1.165, 1.54) is 0 Å². The van der Waals surface area contributed by atoms with E-state index in [1.54, 1.807) is 30.6 Å². The van der Waals surface area contributed by atoms with E-state index in [1.807, 2.05) is 28.8 Å². The van der Waals surface area contributed by atoms with Crippen LogP contribution in [0, 0.1) is 0 Å². The fraction of sp³-hybridized carbons (Fsp3) is 0.0526. The summed E-state index contributed by atoms with van der Waals surface area (Å²) in [4.78, 5) is 24.7. The summed E-state index contributed by atoms with van der Waals surface area (Å²) in [7, 11) is 0. The number of imidazole rings is 1. The second-order valence-corrected chi connectivity index (χ2v) is 6.51. The Hall–Kier alpha value is -3.65. The maximum absolute atomic E-state index is 12.4. The van der Waals surface area contributed by atoms with Crippen molar-refractivity contribution in [1.29, 1.82) is 0 Å². The number of aromatic nitrogens is 4. The van der Waals surface area contributed by atoms with Crippen LogP contribution in [0.2, 0.25) is 5.15 Å². The van der Waals surface area contributed by atoms with Gasteiger partial charge in [0.25, 0.3) is 5.91 Å². The van der Waals surface area contributed by atoms with E-state index in [9.17, 15) is 4.79 Å². The Morgan fingerprint density at radius 1 is 1.07 bits per heavy atom. The topological polar surface area (TPSA) is 125 Å². The highest BCUT2D eigenvalue weighted by molar-refractivity contribution is 6.33. The maximum Gasteiger partial charge on any atom is 0.255 e. The normalized spacial score (nSPS) is 10.9. The number of carbonyl (C=O) groups is 1. The first-order valence-electron chi connectivity index (χ1n) is 8.40. The van der Waals surface area contributed by atoms with E-state index < -0.39 is 0 Å². The molecule has 0 bridgehead atoms. The lowest BCUT2D eigenvalue weighted by Gasteiger charge is -2.09. The molecular weight excluding hydrogens is 378 g/mol. The predicted octanol–water partition coefficient (Wildman–Crippen LogP) is 2.94. The number of nitrogen functional groups attached to an aromatic ring is 2. The van der Waals surface area contributed by atoms with Crippen LogP contribution < -0.4 is 16.8 Å². The number of amides is 1. The Balaban J connectivity index is 1.52. The molecule has 0 aliphatic carbocycles. The molecule has 0 saturated heterocycles. The number of hydrogen-bond donors (Lipinski definition) is 3. The fourth-order valence-electron chi connectivity index (χ4n) is 2.80. The largest absolute Gasteiger partial charge is 0.397 e. The molecule has 0 spiro atoms. The number of carbonyl (C=O) groups excluding carboxylic acids is 1. The number of para-hydroxylation sites is 2. The number of nitrogens with two attached hydrogens (primary N) is 2. The quantitative estimate of drug-likeness (QED) is 0.361. The fourth-order valence-corrected chi connectivity index (χ4v) is 3.02. The van der Waals surface area contributed by atoms with Gasteiger partial charge in [-0.25, -0.2) is 4.98 Å². The molecule has 9 heteroatoms. The van der Waals surface area contributed by atoms with E-state index in [4.69, 9.17) is 23.1 Å². The first-order chi connectivity index (χ1) is 13.5. The molecule has 0 atom stereocenters. The zero-order valence-electron chi connectivity index (χ0n) is 14.6. The van der Waals surface area contributed by atoms with Gasteiger partial charge in [-0.2, -0.15) is 9.97 Å².